The van der Waals surface area contributed by atoms with Gasteiger partial charge in [0.25, 0.3) is 5.91 Å². The smallest absolute Gasteiger partial charge is 0.411 e. The van der Waals surface area contributed by atoms with E-state index in [1.807, 2.05) is 48.2 Å². The molecule has 5 rings (SSSR count). The van der Waals surface area contributed by atoms with Crippen LogP contribution in [0, 0.1) is 12.8 Å². The van der Waals surface area contributed by atoms with Crippen LogP contribution in [0.5, 0.6) is 0 Å². The molecule has 0 atom stereocenters. The highest BCUT2D eigenvalue weighted by Crippen LogP contribution is 2.27. The molecule has 3 heterocycles. The quantitative estimate of drug-likeness (QED) is 0.246. The van der Waals surface area contributed by atoms with Gasteiger partial charge in [-0.1, -0.05) is 61.0 Å². The van der Waals surface area contributed by atoms with Crippen LogP contribution in [0.1, 0.15) is 67.7 Å². The third-order valence-corrected chi connectivity index (χ3v) is 9.72. The van der Waals surface area contributed by atoms with E-state index in [0.29, 0.717) is 32.1 Å². The molecule has 0 saturated carbocycles. The van der Waals surface area contributed by atoms with Crippen molar-refractivity contribution in [2.45, 2.75) is 66.0 Å². The van der Waals surface area contributed by atoms with E-state index >= 15 is 0 Å². The predicted octanol–water partition coefficient (Wildman–Crippen LogP) is 5.55. The van der Waals surface area contributed by atoms with E-state index < -0.39 is 23.6 Å². The summed E-state index contributed by atoms with van der Waals surface area (Å²) in [6, 6.07) is 17.6. The number of carboxylic acid groups (broad SMARTS) is 1. The van der Waals surface area contributed by atoms with Gasteiger partial charge in [0.05, 0.1) is 12.2 Å². The highest BCUT2D eigenvalue weighted by Gasteiger charge is 2.30. The molecule has 3 aromatic rings. The first kappa shape index (κ1) is 39.4. The van der Waals surface area contributed by atoms with Gasteiger partial charge in [0.2, 0.25) is 5.91 Å². The molecular formula is C41H54N6O6. The summed E-state index contributed by atoms with van der Waals surface area (Å²) in [5.41, 5.74) is 4.41. The van der Waals surface area contributed by atoms with E-state index in [1.165, 1.54) is 4.90 Å². The molecule has 53 heavy (non-hydrogen) atoms. The number of carboxylic acids is 1. The summed E-state index contributed by atoms with van der Waals surface area (Å²) in [6.45, 7) is 14.3. The van der Waals surface area contributed by atoms with E-state index in [-0.39, 0.29) is 36.9 Å². The number of amides is 3. The predicted molar refractivity (Wildman–Crippen MR) is 205 cm³/mol. The minimum Gasteiger partial charge on any atom is -0.480 e. The maximum Gasteiger partial charge on any atom is 0.411 e. The van der Waals surface area contributed by atoms with Crippen LogP contribution in [-0.4, -0.2) is 118 Å². The molecule has 12 heteroatoms. The number of benzene rings is 2. The van der Waals surface area contributed by atoms with Crippen molar-refractivity contribution in [1.82, 2.24) is 24.6 Å². The van der Waals surface area contributed by atoms with Gasteiger partial charge < -0.3 is 20.1 Å². The molecule has 284 valence electrons. The number of nitrogens with one attached hydrogen (secondary N) is 1. The summed E-state index contributed by atoms with van der Waals surface area (Å²) in [7, 11) is 0. The number of aliphatic carboxylic acids is 1. The number of rotatable bonds is 12. The van der Waals surface area contributed by atoms with Gasteiger partial charge in [0.15, 0.2) is 5.69 Å². The fourth-order valence-corrected chi connectivity index (χ4v) is 6.93. The van der Waals surface area contributed by atoms with Crippen LogP contribution < -0.4 is 5.32 Å². The number of carbonyl (C=O) groups excluding carboxylic acids is 3. The van der Waals surface area contributed by atoms with Gasteiger partial charge in [-0.15, -0.1) is 0 Å². The SMILES string of the molecule is CCc1cccc(-c2cnc(C(=O)N3CCN(CC4CCN(CC(=O)O)CC4)CC3)c(NC(=O)CN(Cc3cccc(C)c3)C(=O)OC(C)(C)C)c2)c1. The van der Waals surface area contributed by atoms with Gasteiger partial charge in [-0.3, -0.25) is 29.1 Å². The number of piperazine rings is 1. The van der Waals surface area contributed by atoms with Crippen LogP contribution in [0.15, 0.2) is 60.8 Å². The second-order valence-corrected chi connectivity index (χ2v) is 15.3. The molecular weight excluding hydrogens is 672 g/mol. The molecule has 3 amide bonds. The number of aryl methyl sites for hydroxylation is 2. The standard InChI is InChI=1S/C41H54N6O6/c1-6-30-10-8-12-33(22-30)34-23-35(43-36(48)27-47(40(52)53-41(3,4)5)26-32-11-7-9-29(2)21-32)38(42-24-34)39(51)46-19-17-45(18-20-46)25-31-13-15-44(16-14-31)28-37(49)50/h7-12,21-24,31H,6,13-20,25-28H2,1-5H3,(H,43,48)(H,49,50). The fourth-order valence-electron chi connectivity index (χ4n) is 6.93. The minimum absolute atomic E-state index is 0.0888. The molecule has 0 bridgehead atoms. The number of anilines is 1. The Balaban J connectivity index is 1.31. The van der Waals surface area contributed by atoms with Crippen molar-refractivity contribution in [2.75, 3.05) is 64.2 Å². The third-order valence-electron chi connectivity index (χ3n) is 9.72. The second-order valence-electron chi connectivity index (χ2n) is 15.3. The third kappa shape index (κ3) is 11.6. The summed E-state index contributed by atoms with van der Waals surface area (Å²) in [5, 5.41) is 12.1. The summed E-state index contributed by atoms with van der Waals surface area (Å²) >= 11 is 0. The Morgan fingerprint density at radius 2 is 1.60 bits per heavy atom. The number of hydrogen-bond acceptors (Lipinski definition) is 8. The van der Waals surface area contributed by atoms with Crippen LogP contribution in [-0.2, 0) is 27.3 Å². The van der Waals surface area contributed by atoms with Crippen molar-refractivity contribution in [3.05, 3.63) is 83.2 Å². The van der Waals surface area contributed by atoms with Gasteiger partial charge in [-0.25, -0.2) is 9.78 Å². The minimum atomic E-state index is -0.789. The van der Waals surface area contributed by atoms with E-state index in [1.54, 1.807) is 37.9 Å². The molecule has 2 aliphatic heterocycles. The zero-order valence-corrected chi connectivity index (χ0v) is 31.8. The van der Waals surface area contributed by atoms with Gasteiger partial charge in [-0.05, 0) is 88.7 Å². The van der Waals surface area contributed by atoms with Crippen molar-refractivity contribution in [3.8, 4) is 11.1 Å². The molecule has 12 nitrogen and oxygen atoms in total. The Hall–Kier alpha value is -4.81. The van der Waals surface area contributed by atoms with Crippen LogP contribution in [0.3, 0.4) is 0 Å². The van der Waals surface area contributed by atoms with Gasteiger partial charge in [0.1, 0.15) is 12.1 Å². The Kier molecular flexibility index (Phi) is 13.2. The molecule has 2 N–H and O–H groups in total. The Morgan fingerprint density at radius 1 is 0.906 bits per heavy atom. The Bertz CT molecular complexity index is 1760. The van der Waals surface area contributed by atoms with E-state index in [2.05, 4.69) is 34.3 Å². The van der Waals surface area contributed by atoms with Crippen molar-refractivity contribution < 1.29 is 29.0 Å². The molecule has 2 saturated heterocycles. The van der Waals surface area contributed by atoms with Gasteiger partial charge in [0, 0.05) is 51.0 Å². The lowest BCUT2D eigenvalue weighted by Crippen LogP contribution is -2.51. The van der Waals surface area contributed by atoms with Crippen LogP contribution in [0.2, 0.25) is 0 Å². The van der Waals surface area contributed by atoms with Crippen LogP contribution >= 0.6 is 0 Å². The van der Waals surface area contributed by atoms with Gasteiger partial charge >= 0.3 is 12.1 Å². The molecule has 2 aromatic carbocycles. The fraction of sp³-hybridized carbons (Fsp3) is 0.488. The molecule has 0 spiro atoms. The number of ether oxygens (including phenoxy) is 1. The van der Waals surface area contributed by atoms with Crippen LogP contribution in [0.25, 0.3) is 11.1 Å². The number of piperidine rings is 1. The number of carbonyl (C=O) groups is 4. The second kappa shape index (κ2) is 17.8. The first-order valence-corrected chi connectivity index (χ1v) is 18.6. The number of nitrogens with zero attached hydrogens (tertiary/aromatic N) is 5. The summed E-state index contributed by atoms with van der Waals surface area (Å²) < 4.78 is 5.67. The summed E-state index contributed by atoms with van der Waals surface area (Å²) in [6.07, 6.45) is 3.85. The maximum atomic E-state index is 14.1. The normalized spacial score (nSPS) is 15.9. The monoisotopic (exact) mass is 726 g/mol. The molecule has 0 radical (unpaired) electrons. The number of hydrogen-bond donors (Lipinski definition) is 2. The van der Waals surface area contributed by atoms with Crippen molar-refractivity contribution in [1.29, 1.82) is 0 Å². The van der Waals surface area contributed by atoms with Crippen molar-refractivity contribution in [3.63, 3.8) is 0 Å². The highest BCUT2D eigenvalue weighted by molar-refractivity contribution is 6.03. The first-order valence-electron chi connectivity index (χ1n) is 18.6. The topological polar surface area (TPSA) is 136 Å². The van der Waals surface area contributed by atoms with Gasteiger partial charge in [-0.2, -0.15) is 0 Å². The average molecular weight is 727 g/mol. The van der Waals surface area contributed by atoms with Crippen LogP contribution in [0.4, 0.5) is 10.5 Å². The zero-order valence-electron chi connectivity index (χ0n) is 31.8. The zero-order chi connectivity index (χ0) is 38.1. The highest BCUT2D eigenvalue weighted by atomic mass is 16.6. The Morgan fingerprint density at radius 3 is 2.26 bits per heavy atom. The van der Waals surface area contributed by atoms with E-state index in [0.717, 1.165) is 66.7 Å². The molecule has 0 aliphatic carbocycles. The molecule has 2 fully saturated rings. The summed E-state index contributed by atoms with van der Waals surface area (Å²) in [4.78, 5) is 64.5. The largest absolute Gasteiger partial charge is 0.480 e. The van der Waals surface area contributed by atoms with Crippen molar-refractivity contribution >= 4 is 29.6 Å². The first-order chi connectivity index (χ1) is 25.3. The summed E-state index contributed by atoms with van der Waals surface area (Å²) in [5.74, 6) is -1.03. The van der Waals surface area contributed by atoms with E-state index in [9.17, 15) is 19.2 Å². The average Bonchev–Trinajstić information content (AvgIpc) is 3.11. The molecule has 1 aromatic heterocycles. The lowest BCUT2D eigenvalue weighted by Gasteiger charge is -2.38. The number of aromatic nitrogens is 1. The lowest BCUT2D eigenvalue weighted by molar-refractivity contribution is -0.138. The maximum absolute atomic E-state index is 14.1. The number of pyridine rings is 1. The Labute approximate surface area is 313 Å². The lowest BCUT2D eigenvalue weighted by atomic mass is 9.96. The molecule has 0 unspecified atom stereocenters. The van der Waals surface area contributed by atoms with Crippen molar-refractivity contribution in [2.24, 2.45) is 5.92 Å². The molecule has 2 aliphatic rings. The number of likely N-dealkylation sites (tertiary alicyclic amines) is 1. The van der Waals surface area contributed by atoms with E-state index in [4.69, 9.17) is 9.84 Å².